The van der Waals surface area contributed by atoms with Crippen LogP contribution in [-0.2, 0) is 6.42 Å². The van der Waals surface area contributed by atoms with Gasteiger partial charge in [0.2, 0.25) is 0 Å². The SMILES string of the molecule is CCN1CCC(O)(Cc2csc(C)n2)CC1. The fraction of sp³-hybridized carbons (Fsp3) is 0.750. The minimum atomic E-state index is -0.522. The molecule has 1 saturated heterocycles. The molecule has 0 unspecified atom stereocenters. The topological polar surface area (TPSA) is 36.4 Å². The molecule has 1 aliphatic rings. The van der Waals surface area contributed by atoms with Crippen molar-refractivity contribution >= 4 is 11.3 Å². The first-order valence-electron chi connectivity index (χ1n) is 5.97. The van der Waals surface area contributed by atoms with E-state index in [1.54, 1.807) is 11.3 Å². The summed E-state index contributed by atoms with van der Waals surface area (Å²) in [5.41, 5.74) is 0.529. The second kappa shape index (κ2) is 4.82. The summed E-state index contributed by atoms with van der Waals surface area (Å²) in [5.74, 6) is 0. The van der Waals surface area contributed by atoms with Crippen molar-refractivity contribution in [2.75, 3.05) is 19.6 Å². The molecule has 16 heavy (non-hydrogen) atoms. The zero-order valence-corrected chi connectivity index (χ0v) is 10.9. The molecule has 0 aromatic carbocycles. The fourth-order valence-electron chi connectivity index (χ4n) is 2.29. The Morgan fingerprint density at radius 3 is 2.69 bits per heavy atom. The second-order valence-electron chi connectivity index (χ2n) is 4.69. The highest BCUT2D eigenvalue weighted by Gasteiger charge is 2.32. The third-order valence-electron chi connectivity index (χ3n) is 3.41. The summed E-state index contributed by atoms with van der Waals surface area (Å²) >= 11 is 1.66. The van der Waals surface area contributed by atoms with E-state index in [1.165, 1.54) is 0 Å². The molecule has 90 valence electrons. The number of thiazole rings is 1. The van der Waals surface area contributed by atoms with E-state index in [9.17, 15) is 5.11 Å². The van der Waals surface area contributed by atoms with Gasteiger partial charge in [0.25, 0.3) is 0 Å². The average molecular weight is 240 g/mol. The normalized spacial score (nSPS) is 21.2. The number of likely N-dealkylation sites (tertiary alicyclic amines) is 1. The van der Waals surface area contributed by atoms with Gasteiger partial charge in [-0.15, -0.1) is 11.3 Å². The van der Waals surface area contributed by atoms with E-state index in [0.717, 1.165) is 49.6 Å². The van der Waals surface area contributed by atoms with Crippen molar-refractivity contribution in [1.29, 1.82) is 0 Å². The van der Waals surface area contributed by atoms with Crippen LogP contribution in [0.2, 0.25) is 0 Å². The minimum Gasteiger partial charge on any atom is -0.389 e. The highest BCUT2D eigenvalue weighted by Crippen LogP contribution is 2.26. The minimum absolute atomic E-state index is 0.522. The number of aromatic nitrogens is 1. The van der Waals surface area contributed by atoms with E-state index in [0.29, 0.717) is 0 Å². The Morgan fingerprint density at radius 2 is 2.19 bits per heavy atom. The van der Waals surface area contributed by atoms with Crippen LogP contribution < -0.4 is 0 Å². The smallest absolute Gasteiger partial charge is 0.0897 e. The maximum atomic E-state index is 10.5. The molecule has 1 N–H and O–H groups in total. The molecule has 0 atom stereocenters. The summed E-state index contributed by atoms with van der Waals surface area (Å²) in [6.45, 7) is 7.30. The van der Waals surface area contributed by atoms with Gasteiger partial charge in [0.15, 0.2) is 0 Å². The lowest BCUT2D eigenvalue weighted by Crippen LogP contribution is -2.45. The molecule has 2 heterocycles. The zero-order valence-electron chi connectivity index (χ0n) is 10.1. The Morgan fingerprint density at radius 1 is 1.50 bits per heavy atom. The van der Waals surface area contributed by atoms with Crippen molar-refractivity contribution in [1.82, 2.24) is 9.88 Å². The van der Waals surface area contributed by atoms with Crippen LogP contribution in [0.1, 0.15) is 30.5 Å². The maximum absolute atomic E-state index is 10.5. The molecular weight excluding hydrogens is 220 g/mol. The molecular formula is C12H20N2OS. The Kier molecular flexibility index (Phi) is 3.62. The quantitative estimate of drug-likeness (QED) is 0.876. The Bertz CT molecular complexity index is 343. The summed E-state index contributed by atoms with van der Waals surface area (Å²) in [5, 5.41) is 13.6. The van der Waals surface area contributed by atoms with Crippen molar-refractivity contribution < 1.29 is 5.11 Å². The first-order chi connectivity index (χ1) is 7.61. The molecule has 1 aromatic rings. The average Bonchev–Trinajstić information content (AvgIpc) is 2.64. The number of piperidine rings is 1. The number of nitrogens with zero attached hydrogens (tertiary/aromatic N) is 2. The van der Waals surface area contributed by atoms with Crippen LogP contribution in [-0.4, -0.2) is 40.2 Å². The molecule has 2 rings (SSSR count). The van der Waals surface area contributed by atoms with Gasteiger partial charge in [-0.05, 0) is 26.3 Å². The van der Waals surface area contributed by atoms with Gasteiger partial charge in [-0.1, -0.05) is 6.92 Å². The predicted molar refractivity (Wildman–Crippen MR) is 66.9 cm³/mol. The van der Waals surface area contributed by atoms with E-state index in [4.69, 9.17) is 0 Å². The number of hydrogen-bond donors (Lipinski definition) is 1. The summed E-state index contributed by atoms with van der Waals surface area (Å²) in [4.78, 5) is 6.82. The van der Waals surface area contributed by atoms with E-state index in [-0.39, 0.29) is 0 Å². The lowest BCUT2D eigenvalue weighted by molar-refractivity contribution is -0.0200. The Labute approximate surface area is 101 Å². The molecule has 0 saturated carbocycles. The molecule has 0 radical (unpaired) electrons. The second-order valence-corrected chi connectivity index (χ2v) is 5.76. The van der Waals surface area contributed by atoms with Crippen LogP contribution in [0.4, 0.5) is 0 Å². The molecule has 1 fully saturated rings. The standard InChI is InChI=1S/C12H20N2OS/c1-3-14-6-4-12(15,5-7-14)8-11-9-16-10(2)13-11/h9,15H,3-8H2,1-2H3. The van der Waals surface area contributed by atoms with Gasteiger partial charge < -0.3 is 10.0 Å². The fourth-order valence-corrected chi connectivity index (χ4v) is 2.90. The molecule has 3 nitrogen and oxygen atoms in total. The summed E-state index contributed by atoms with van der Waals surface area (Å²) in [6, 6.07) is 0. The van der Waals surface area contributed by atoms with Gasteiger partial charge in [0.1, 0.15) is 0 Å². The number of aliphatic hydroxyl groups is 1. The highest BCUT2D eigenvalue weighted by atomic mass is 32.1. The van der Waals surface area contributed by atoms with Crippen molar-refractivity contribution in [3.05, 3.63) is 16.1 Å². The van der Waals surface area contributed by atoms with Crippen LogP contribution in [0.5, 0.6) is 0 Å². The first kappa shape index (κ1) is 12.0. The zero-order chi connectivity index (χ0) is 11.6. The highest BCUT2D eigenvalue weighted by molar-refractivity contribution is 7.09. The third-order valence-corrected chi connectivity index (χ3v) is 4.23. The summed E-state index contributed by atoms with van der Waals surface area (Å²) < 4.78 is 0. The number of aryl methyl sites for hydroxylation is 1. The summed E-state index contributed by atoms with van der Waals surface area (Å²) in [6.07, 6.45) is 2.46. The molecule has 0 bridgehead atoms. The van der Waals surface area contributed by atoms with E-state index in [1.807, 2.05) is 6.92 Å². The van der Waals surface area contributed by atoms with Crippen molar-refractivity contribution in [2.45, 2.75) is 38.7 Å². The largest absolute Gasteiger partial charge is 0.389 e. The Balaban J connectivity index is 1.94. The van der Waals surface area contributed by atoms with Crippen LogP contribution >= 0.6 is 11.3 Å². The molecule has 4 heteroatoms. The molecule has 0 spiro atoms. The van der Waals surface area contributed by atoms with Crippen LogP contribution in [0, 0.1) is 6.92 Å². The van der Waals surface area contributed by atoms with Crippen molar-refractivity contribution in [2.24, 2.45) is 0 Å². The third kappa shape index (κ3) is 2.81. The van der Waals surface area contributed by atoms with E-state index in [2.05, 4.69) is 22.2 Å². The van der Waals surface area contributed by atoms with Gasteiger partial charge in [-0.25, -0.2) is 4.98 Å². The Hall–Kier alpha value is -0.450. The van der Waals surface area contributed by atoms with Gasteiger partial charge in [-0.2, -0.15) is 0 Å². The monoisotopic (exact) mass is 240 g/mol. The van der Waals surface area contributed by atoms with Crippen LogP contribution in [0.3, 0.4) is 0 Å². The molecule has 0 aliphatic carbocycles. The van der Waals surface area contributed by atoms with Gasteiger partial charge in [0.05, 0.1) is 16.3 Å². The number of rotatable bonds is 3. The summed E-state index contributed by atoms with van der Waals surface area (Å²) in [7, 11) is 0. The lowest BCUT2D eigenvalue weighted by Gasteiger charge is -2.37. The lowest BCUT2D eigenvalue weighted by atomic mass is 9.87. The molecule has 0 amide bonds. The van der Waals surface area contributed by atoms with E-state index < -0.39 is 5.60 Å². The van der Waals surface area contributed by atoms with Gasteiger partial charge in [-0.3, -0.25) is 0 Å². The van der Waals surface area contributed by atoms with Crippen LogP contribution in [0.25, 0.3) is 0 Å². The van der Waals surface area contributed by atoms with Gasteiger partial charge >= 0.3 is 0 Å². The maximum Gasteiger partial charge on any atom is 0.0897 e. The first-order valence-corrected chi connectivity index (χ1v) is 6.85. The molecule has 1 aliphatic heterocycles. The molecule has 1 aromatic heterocycles. The van der Waals surface area contributed by atoms with Crippen LogP contribution in [0.15, 0.2) is 5.38 Å². The van der Waals surface area contributed by atoms with Crippen molar-refractivity contribution in [3.63, 3.8) is 0 Å². The van der Waals surface area contributed by atoms with Gasteiger partial charge in [0, 0.05) is 24.9 Å². The van der Waals surface area contributed by atoms with E-state index >= 15 is 0 Å². The predicted octanol–water partition coefficient (Wildman–Crippen LogP) is 1.84. The van der Waals surface area contributed by atoms with Crippen molar-refractivity contribution in [3.8, 4) is 0 Å². The number of hydrogen-bond acceptors (Lipinski definition) is 4.